The highest BCUT2D eigenvalue weighted by atomic mass is 16.4. The van der Waals surface area contributed by atoms with Crippen LogP contribution in [0.3, 0.4) is 0 Å². The van der Waals surface area contributed by atoms with Crippen molar-refractivity contribution in [1.82, 2.24) is 19.8 Å². The van der Waals surface area contributed by atoms with Crippen LogP contribution in [0.5, 0.6) is 0 Å². The molecular weight excluding hydrogens is 308 g/mol. The molecule has 1 aromatic rings. The molecule has 1 spiro atoms. The molecule has 3 aliphatic rings. The minimum Gasteiger partial charge on any atom is -0.480 e. The Balaban J connectivity index is 1.41. The minimum atomic E-state index is -0.848. The summed E-state index contributed by atoms with van der Waals surface area (Å²) in [4.78, 5) is 35.5. The van der Waals surface area contributed by atoms with Gasteiger partial charge in [0, 0.05) is 24.9 Å². The maximum absolute atomic E-state index is 12.5. The molecule has 24 heavy (non-hydrogen) atoms. The van der Waals surface area contributed by atoms with Crippen LogP contribution < -0.4 is 0 Å². The Morgan fingerprint density at radius 1 is 1.33 bits per heavy atom. The molecule has 1 unspecified atom stereocenters. The molecule has 1 aliphatic carbocycles. The molecule has 2 N–H and O–H groups in total. The third-order valence-electron chi connectivity index (χ3n) is 5.85. The number of aliphatic carboxylic acids is 1. The number of imidazole rings is 1. The number of likely N-dealkylation sites (tertiary alicyclic amines) is 2. The van der Waals surface area contributed by atoms with Crippen LogP contribution >= 0.6 is 0 Å². The van der Waals surface area contributed by atoms with Crippen LogP contribution in [0.1, 0.15) is 37.9 Å². The number of carboxylic acid groups (broad SMARTS) is 1. The normalized spacial score (nSPS) is 26.8. The second-order valence-electron chi connectivity index (χ2n) is 7.61. The first-order valence-electron chi connectivity index (χ1n) is 8.80. The summed E-state index contributed by atoms with van der Waals surface area (Å²) in [6.45, 7) is 3.28. The number of carbonyl (C=O) groups excluding carboxylic acids is 1. The van der Waals surface area contributed by atoms with Crippen molar-refractivity contribution in [2.45, 2.75) is 44.7 Å². The molecule has 3 heterocycles. The van der Waals surface area contributed by atoms with Gasteiger partial charge in [0.05, 0.1) is 6.54 Å². The minimum absolute atomic E-state index is 0.0206. The lowest BCUT2D eigenvalue weighted by Crippen LogP contribution is -2.43. The zero-order chi connectivity index (χ0) is 16.7. The molecule has 0 bridgehead atoms. The molecule has 1 atom stereocenters. The lowest BCUT2D eigenvalue weighted by molar-refractivity contribution is -0.148. The molecule has 7 nitrogen and oxygen atoms in total. The average molecular weight is 332 g/mol. The van der Waals surface area contributed by atoms with Crippen LogP contribution in [0.25, 0.3) is 0 Å². The number of aromatic amines is 1. The Kier molecular flexibility index (Phi) is 3.83. The lowest BCUT2D eigenvalue weighted by Gasteiger charge is -2.38. The van der Waals surface area contributed by atoms with Gasteiger partial charge in [-0.15, -0.1) is 0 Å². The number of hydrogen-bond donors (Lipinski definition) is 2. The zero-order valence-corrected chi connectivity index (χ0v) is 13.8. The van der Waals surface area contributed by atoms with Gasteiger partial charge >= 0.3 is 5.97 Å². The summed E-state index contributed by atoms with van der Waals surface area (Å²) >= 11 is 0. The zero-order valence-electron chi connectivity index (χ0n) is 13.8. The third kappa shape index (κ3) is 2.92. The molecule has 4 rings (SSSR count). The number of piperidine rings is 1. The van der Waals surface area contributed by atoms with E-state index in [1.54, 1.807) is 11.1 Å². The van der Waals surface area contributed by atoms with Gasteiger partial charge in [-0.1, -0.05) is 0 Å². The van der Waals surface area contributed by atoms with Crippen LogP contribution in [0, 0.1) is 11.3 Å². The summed E-state index contributed by atoms with van der Waals surface area (Å²) in [7, 11) is 0. The Morgan fingerprint density at radius 2 is 2.08 bits per heavy atom. The van der Waals surface area contributed by atoms with Crippen molar-refractivity contribution in [2.24, 2.45) is 11.3 Å². The standard InChI is InChI=1S/C17H24N4O3/c22-15(12-1-2-12)21-11-17(9-13(21)16(23)24)3-7-20(8-4-17)10-14-18-5-6-19-14/h5-6,12-13H,1-4,7-11H2,(H,18,19)(H,23,24). The molecule has 1 amide bonds. The van der Waals surface area contributed by atoms with Crippen molar-refractivity contribution in [1.29, 1.82) is 0 Å². The second-order valence-corrected chi connectivity index (χ2v) is 7.61. The van der Waals surface area contributed by atoms with Gasteiger partial charge < -0.3 is 15.0 Å². The van der Waals surface area contributed by atoms with E-state index in [0.29, 0.717) is 13.0 Å². The van der Waals surface area contributed by atoms with Gasteiger partial charge in [0.1, 0.15) is 11.9 Å². The Labute approximate surface area is 141 Å². The molecule has 7 heteroatoms. The van der Waals surface area contributed by atoms with Crippen LogP contribution in [-0.4, -0.2) is 62.4 Å². The predicted octanol–water partition coefficient (Wildman–Crippen LogP) is 1.09. The van der Waals surface area contributed by atoms with Gasteiger partial charge in [0.2, 0.25) is 5.91 Å². The molecule has 2 saturated heterocycles. The molecule has 0 radical (unpaired) electrons. The van der Waals surface area contributed by atoms with Gasteiger partial charge in [-0.3, -0.25) is 9.69 Å². The SMILES string of the molecule is O=C(O)C1CC2(CCN(Cc3ncc[nH]3)CC2)CN1C(=O)C1CC1. The first-order chi connectivity index (χ1) is 11.6. The lowest BCUT2D eigenvalue weighted by atomic mass is 9.76. The second kappa shape index (κ2) is 5.88. The number of hydrogen-bond acceptors (Lipinski definition) is 4. The maximum Gasteiger partial charge on any atom is 0.326 e. The number of H-pyrrole nitrogens is 1. The Bertz CT molecular complexity index is 618. The van der Waals surface area contributed by atoms with Gasteiger partial charge in [-0.2, -0.15) is 0 Å². The molecule has 0 aromatic carbocycles. The topological polar surface area (TPSA) is 89.5 Å². The molecule has 2 aliphatic heterocycles. The molecule has 1 aromatic heterocycles. The van der Waals surface area contributed by atoms with Crippen LogP contribution in [-0.2, 0) is 16.1 Å². The molecule has 1 saturated carbocycles. The van der Waals surface area contributed by atoms with Crippen molar-refractivity contribution >= 4 is 11.9 Å². The summed E-state index contributed by atoms with van der Waals surface area (Å²) in [5.41, 5.74) is -0.0206. The summed E-state index contributed by atoms with van der Waals surface area (Å²) < 4.78 is 0. The van der Waals surface area contributed by atoms with Gasteiger partial charge in [0.25, 0.3) is 0 Å². The smallest absolute Gasteiger partial charge is 0.326 e. The van der Waals surface area contributed by atoms with Crippen molar-refractivity contribution in [3.05, 3.63) is 18.2 Å². The highest BCUT2D eigenvalue weighted by Gasteiger charge is 2.51. The van der Waals surface area contributed by atoms with Crippen molar-refractivity contribution in [2.75, 3.05) is 19.6 Å². The monoisotopic (exact) mass is 332 g/mol. The van der Waals surface area contributed by atoms with E-state index in [1.807, 2.05) is 6.20 Å². The van der Waals surface area contributed by atoms with Gasteiger partial charge in [-0.05, 0) is 50.6 Å². The number of rotatable bonds is 4. The molecular formula is C17H24N4O3. The largest absolute Gasteiger partial charge is 0.480 e. The third-order valence-corrected chi connectivity index (χ3v) is 5.85. The fraction of sp³-hybridized carbons (Fsp3) is 0.706. The fourth-order valence-corrected chi connectivity index (χ4v) is 4.22. The van der Waals surface area contributed by atoms with E-state index >= 15 is 0 Å². The van der Waals surface area contributed by atoms with Crippen LogP contribution in [0.15, 0.2) is 12.4 Å². The number of nitrogens with one attached hydrogen (secondary N) is 1. The van der Waals surface area contributed by atoms with Crippen molar-refractivity contribution < 1.29 is 14.7 Å². The van der Waals surface area contributed by atoms with E-state index < -0.39 is 12.0 Å². The van der Waals surface area contributed by atoms with E-state index in [2.05, 4.69) is 14.9 Å². The van der Waals surface area contributed by atoms with Crippen LogP contribution in [0.2, 0.25) is 0 Å². The number of carboxylic acids is 1. The first kappa shape index (κ1) is 15.6. The maximum atomic E-state index is 12.5. The molecule has 130 valence electrons. The van der Waals surface area contributed by atoms with Crippen LogP contribution in [0.4, 0.5) is 0 Å². The number of aromatic nitrogens is 2. The number of amides is 1. The highest BCUT2D eigenvalue weighted by Crippen LogP contribution is 2.45. The Hall–Kier alpha value is -1.89. The highest BCUT2D eigenvalue weighted by molar-refractivity contribution is 5.87. The van der Waals surface area contributed by atoms with E-state index in [0.717, 1.165) is 51.1 Å². The fourth-order valence-electron chi connectivity index (χ4n) is 4.22. The number of nitrogens with zero attached hydrogens (tertiary/aromatic N) is 3. The van der Waals surface area contributed by atoms with E-state index in [-0.39, 0.29) is 17.2 Å². The predicted molar refractivity (Wildman–Crippen MR) is 86.0 cm³/mol. The Morgan fingerprint density at radius 3 is 2.67 bits per heavy atom. The molecule has 3 fully saturated rings. The van der Waals surface area contributed by atoms with Crippen molar-refractivity contribution in [3.63, 3.8) is 0 Å². The quantitative estimate of drug-likeness (QED) is 0.861. The van der Waals surface area contributed by atoms with Gasteiger partial charge in [0.15, 0.2) is 0 Å². The van der Waals surface area contributed by atoms with E-state index in [9.17, 15) is 14.7 Å². The van der Waals surface area contributed by atoms with Gasteiger partial charge in [-0.25, -0.2) is 9.78 Å². The summed E-state index contributed by atoms with van der Waals surface area (Å²) in [6, 6.07) is -0.630. The summed E-state index contributed by atoms with van der Waals surface area (Å²) in [6.07, 6.45) is 7.94. The summed E-state index contributed by atoms with van der Waals surface area (Å²) in [5, 5.41) is 9.56. The first-order valence-corrected chi connectivity index (χ1v) is 8.80. The number of carbonyl (C=O) groups is 2. The summed E-state index contributed by atoms with van der Waals surface area (Å²) in [5.74, 6) is 0.267. The van der Waals surface area contributed by atoms with Crippen molar-refractivity contribution in [3.8, 4) is 0 Å². The van der Waals surface area contributed by atoms with E-state index in [4.69, 9.17) is 0 Å². The van der Waals surface area contributed by atoms with E-state index in [1.165, 1.54) is 0 Å². The average Bonchev–Trinajstić information content (AvgIpc) is 3.17.